The van der Waals surface area contributed by atoms with Crippen molar-refractivity contribution in [1.29, 1.82) is 0 Å². The quantitative estimate of drug-likeness (QED) is 0.852. The molecule has 7 heteroatoms. The molecule has 27 heavy (non-hydrogen) atoms. The Morgan fingerprint density at radius 1 is 1.07 bits per heavy atom. The van der Waals surface area contributed by atoms with Gasteiger partial charge in [-0.05, 0) is 56.0 Å². The van der Waals surface area contributed by atoms with Gasteiger partial charge in [-0.2, -0.15) is 4.31 Å². The zero-order chi connectivity index (χ0) is 19.6. The van der Waals surface area contributed by atoms with Crippen molar-refractivity contribution in [3.8, 4) is 5.75 Å². The summed E-state index contributed by atoms with van der Waals surface area (Å²) < 4.78 is 32.6. The van der Waals surface area contributed by atoms with Gasteiger partial charge in [0.15, 0.2) is 0 Å². The number of hydrogen-bond acceptors (Lipinski definition) is 4. The molecular formula is C20H24N2O4S. The third-order valence-electron chi connectivity index (χ3n) is 4.83. The minimum absolute atomic E-state index is 0.0288. The van der Waals surface area contributed by atoms with E-state index >= 15 is 0 Å². The Kier molecular flexibility index (Phi) is 5.53. The molecule has 1 N–H and O–H groups in total. The van der Waals surface area contributed by atoms with Crippen molar-refractivity contribution in [3.05, 3.63) is 53.1 Å². The minimum Gasteiger partial charge on any atom is -0.495 e. The smallest absolute Gasteiger partial charge is 0.255 e. The number of para-hydroxylation sites is 1. The first kappa shape index (κ1) is 19.4. The molecule has 0 bridgehead atoms. The van der Waals surface area contributed by atoms with E-state index in [0.29, 0.717) is 13.1 Å². The number of benzene rings is 2. The van der Waals surface area contributed by atoms with Crippen LogP contribution in [0.15, 0.2) is 41.3 Å². The van der Waals surface area contributed by atoms with Crippen LogP contribution < -0.4 is 10.1 Å². The van der Waals surface area contributed by atoms with Crippen LogP contribution in [0, 0.1) is 13.8 Å². The topological polar surface area (TPSA) is 75.7 Å². The Bertz CT molecular complexity index is 944. The molecule has 0 radical (unpaired) electrons. The van der Waals surface area contributed by atoms with Crippen molar-refractivity contribution in [2.24, 2.45) is 0 Å². The Labute approximate surface area is 160 Å². The number of sulfonamides is 1. The van der Waals surface area contributed by atoms with E-state index in [-0.39, 0.29) is 22.1 Å². The van der Waals surface area contributed by atoms with Crippen LogP contribution in [0.3, 0.4) is 0 Å². The predicted octanol–water partition coefficient (Wildman–Crippen LogP) is 3.35. The summed E-state index contributed by atoms with van der Waals surface area (Å²) in [7, 11) is -2.27. The monoisotopic (exact) mass is 388 g/mol. The number of methoxy groups -OCH3 is 1. The maximum atomic E-state index is 13.0. The highest BCUT2D eigenvalue weighted by molar-refractivity contribution is 7.89. The molecule has 0 aromatic heterocycles. The van der Waals surface area contributed by atoms with Gasteiger partial charge in [-0.25, -0.2) is 8.42 Å². The molecule has 0 saturated carbocycles. The molecule has 0 aliphatic carbocycles. The lowest BCUT2D eigenvalue weighted by Gasteiger charge is -2.18. The summed E-state index contributed by atoms with van der Waals surface area (Å²) in [6, 6.07) is 10.3. The van der Waals surface area contributed by atoms with Crippen molar-refractivity contribution in [1.82, 2.24) is 4.31 Å². The lowest BCUT2D eigenvalue weighted by Crippen LogP contribution is -2.28. The summed E-state index contributed by atoms with van der Waals surface area (Å²) in [5.74, 6) is -0.113. The largest absolute Gasteiger partial charge is 0.495 e. The van der Waals surface area contributed by atoms with Crippen LogP contribution in [-0.2, 0) is 10.0 Å². The number of rotatable bonds is 5. The van der Waals surface area contributed by atoms with Gasteiger partial charge >= 0.3 is 0 Å². The van der Waals surface area contributed by atoms with Crippen molar-refractivity contribution < 1.29 is 17.9 Å². The predicted molar refractivity (Wildman–Crippen MR) is 105 cm³/mol. The first-order chi connectivity index (χ1) is 12.8. The number of nitrogens with one attached hydrogen (secondary N) is 1. The molecule has 1 fully saturated rings. The molecule has 1 aliphatic rings. The molecule has 1 amide bonds. The summed E-state index contributed by atoms with van der Waals surface area (Å²) in [6.45, 7) is 4.81. The minimum atomic E-state index is -3.70. The molecular weight excluding hydrogens is 364 g/mol. The fraction of sp³-hybridized carbons (Fsp3) is 0.350. The van der Waals surface area contributed by atoms with Crippen molar-refractivity contribution >= 4 is 21.6 Å². The van der Waals surface area contributed by atoms with Crippen LogP contribution in [0.25, 0.3) is 0 Å². The third-order valence-corrected chi connectivity index (χ3v) is 6.75. The third kappa shape index (κ3) is 3.84. The highest BCUT2D eigenvalue weighted by Crippen LogP contribution is 2.30. The van der Waals surface area contributed by atoms with Crippen LogP contribution in [0.4, 0.5) is 5.69 Å². The number of anilines is 1. The summed E-state index contributed by atoms with van der Waals surface area (Å²) in [5, 5.41) is 2.89. The molecule has 1 saturated heterocycles. The molecule has 1 heterocycles. The van der Waals surface area contributed by atoms with E-state index in [0.717, 1.165) is 29.7 Å². The first-order valence-corrected chi connectivity index (χ1v) is 10.3. The van der Waals surface area contributed by atoms with E-state index in [2.05, 4.69) is 5.32 Å². The van der Waals surface area contributed by atoms with Gasteiger partial charge in [0.25, 0.3) is 5.91 Å². The van der Waals surface area contributed by atoms with Gasteiger partial charge in [-0.3, -0.25) is 4.79 Å². The molecule has 3 rings (SSSR count). The standard InChI is InChI=1S/C20H24N2O4S/c1-14-7-6-8-15(2)19(14)21-20(23)16-9-10-17(26-3)18(13-16)27(24,25)22-11-4-5-12-22/h6-10,13H,4-5,11-12H2,1-3H3,(H,21,23). The second kappa shape index (κ2) is 7.70. The highest BCUT2D eigenvalue weighted by Gasteiger charge is 2.30. The Morgan fingerprint density at radius 3 is 2.30 bits per heavy atom. The summed E-state index contributed by atoms with van der Waals surface area (Å²) in [6.07, 6.45) is 1.68. The van der Waals surface area contributed by atoms with E-state index in [4.69, 9.17) is 4.74 Å². The van der Waals surface area contributed by atoms with Gasteiger partial charge in [0.1, 0.15) is 10.6 Å². The van der Waals surface area contributed by atoms with Gasteiger partial charge in [0, 0.05) is 24.3 Å². The number of carbonyl (C=O) groups is 1. The second-order valence-electron chi connectivity index (χ2n) is 6.70. The van der Waals surface area contributed by atoms with E-state index in [1.165, 1.54) is 23.5 Å². The van der Waals surface area contributed by atoms with Crippen LogP contribution in [-0.4, -0.2) is 38.8 Å². The normalized spacial score (nSPS) is 14.9. The molecule has 0 atom stereocenters. The summed E-state index contributed by atoms with van der Waals surface area (Å²) >= 11 is 0. The average Bonchev–Trinajstić information content (AvgIpc) is 3.20. The van der Waals surface area contributed by atoms with E-state index < -0.39 is 10.0 Å². The van der Waals surface area contributed by atoms with Gasteiger partial charge in [-0.15, -0.1) is 0 Å². The Morgan fingerprint density at radius 2 is 1.70 bits per heavy atom. The fourth-order valence-electron chi connectivity index (χ4n) is 3.28. The fourth-order valence-corrected chi connectivity index (χ4v) is 4.98. The highest BCUT2D eigenvalue weighted by atomic mass is 32.2. The van der Waals surface area contributed by atoms with Gasteiger partial charge in [0.05, 0.1) is 7.11 Å². The molecule has 0 spiro atoms. The molecule has 6 nitrogen and oxygen atoms in total. The van der Waals surface area contributed by atoms with E-state index in [1.54, 1.807) is 6.07 Å². The molecule has 0 unspecified atom stereocenters. The summed E-state index contributed by atoms with van der Waals surface area (Å²) in [4.78, 5) is 12.8. The molecule has 1 aliphatic heterocycles. The molecule has 144 valence electrons. The van der Waals surface area contributed by atoms with Crippen LogP contribution in [0.5, 0.6) is 5.75 Å². The van der Waals surface area contributed by atoms with Crippen molar-refractivity contribution in [2.75, 3.05) is 25.5 Å². The summed E-state index contributed by atoms with van der Waals surface area (Å²) in [5.41, 5.74) is 2.90. The van der Waals surface area contributed by atoms with E-state index in [9.17, 15) is 13.2 Å². The van der Waals surface area contributed by atoms with Gasteiger partial charge < -0.3 is 10.1 Å². The van der Waals surface area contributed by atoms with Crippen LogP contribution in [0.2, 0.25) is 0 Å². The zero-order valence-corrected chi connectivity index (χ0v) is 16.6. The molecule has 2 aromatic carbocycles. The Balaban J connectivity index is 1.96. The number of carbonyl (C=O) groups excluding carboxylic acids is 1. The zero-order valence-electron chi connectivity index (χ0n) is 15.8. The number of aryl methyl sites for hydroxylation is 2. The number of hydrogen-bond donors (Lipinski definition) is 1. The van der Waals surface area contributed by atoms with Crippen molar-refractivity contribution in [3.63, 3.8) is 0 Å². The SMILES string of the molecule is COc1ccc(C(=O)Nc2c(C)cccc2C)cc1S(=O)(=O)N1CCCC1. The average molecular weight is 388 g/mol. The van der Waals surface area contributed by atoms with Gasteiger partial charge in [0.2, 0.25) is 10.0 Å². The maximum absolute atomic E-state index is 13.0. The lowest BCUT2D eigenvalue weighted by atomic mass is 10.1. The van der Waals surface area contributed by atoms with Gasteiger partial charge in [-0.1, -0.05) is 18.2 Å². The van der Waals surface area contributed by atoms with Crippen LogP contribution >= 0.6 is 0 Å². The number of ether oxygens (including phenoxy) is 1. The second-order valence-corrected chi connectivity index (χ2v) is 8.60. The first-order valence-electron chi connectivity index (χ1n) is 8.90. The van der Waals surface area contributed by atoms with Crippen molar-refractivity contribution in [2.45, 2.75) is 31.6 Å². The Hall–Kier alpha value is -2.38. The van der Waals surface area contributed by atoms with E-state index in [1.807, 2.05) is 32.0 Å². The molecule has 2 aromatic rings. The lowest BCUT2D eigenvalue weighted by molar-refractivity contribution is 0.102. The number of amides is 1. The number of nitrogens with zero attached hydrogens (tertiary/aromatic N) is 1. The van der Waals surface area contributed by atoms with Crippen LogP contribution in [0.1, 0.15) is 34.3 Å². The maximum Gasteiger partial charge on any atom is 0.255 e.